The summed E-state index contributed by atoms with van der Waals surface area (Å²) in [5.74, 6) is 6.49. The molecule has 0 bridgehead atoms. The van der Waals surface area contributed by atoms with Gasteiger partial charge in [-0.3, -0.25) is 9.36 Å². The first-order valence-electron chi connectivity index (χ1n) is 9.27. The molecule has 2 heterocycles. The van der Waals surface area contributed by atoms with Crippen LogP contribution in [0.25, 0.3) is 11.0 Å². The van der Waals surface area contributed by atoms with Gasteiger partial charge in [-0.15, -0.1) is 5.92 Å². The summed E-state index contributed by atoms with van der Waals surface area (Å²) in [6.45, 7) is 4.79. The summed E-state index contributed by atoms with van der Waals surface area (Å²) in [4.78, 5) is 19.8. The lowest BCUT2D eigenvalue weighted by molar-refractivity contribution is 0.640. The third-order valence-electron chi connectivity index (χ3n) is 4.51. The maximum atomic E-state index is 13.2. The van der Waals surface area contributed by atoms with Crippen LogP contribution in [0.4, 0.5) is 5.95 Å². The average molecular weight is 389 g/mol. The van der Waals surface area contributed by atoms with Crippen LogP contribution < -0.4 is 16.2 Å². The van der Waals surface area contributed by atoms with E-state index in [1.54, 1.807) is 29.8 Å². The number of nitrogens with zero attached hydrogens (tertiary/aromatic N) is 6. The molecular weight excluding hydrogens is 366 g/mol. The fourth-order valence-electron chi connectivity index (χ4n) is 3.23. The Balaban J connectivity index is 2.14. The Hall–Kier alpha value is -3.62. The molecule has 1 aromatic carbocycles. The normalized spacial score (nSPS) is 11.6. The Morgan fingerprint density at radius 3 is 2.79 bits per heavy atom. The molecule has 0 saturated carbocycles. The number of aromatic nitrogens is 4. The van der Waals surface area contributed by atoms with Gasteiger partial charge in [-0.05, 0) is 25.5 Å². The Kier molecular flexibility index (Phi) is 5.96. The maximum Gasteiger partial charge on any atom is 0.293 e. The molecule has 8 heteroatoms. The second-order valence-electron chi connectivity index (χ2n) is 6.89. The minimum Gasteiger partial charge on any atom is -0.344 e. The number of fused-ring (bicyclic) bond motifs is 1. The van der Waals surface area contributed by atoms with Crippen molar-refractivity contribution in [1.29, 1.82) is 5.26 Å². The number of likely N-dealkylation sites (N-methyl/N-ethyl adjacent to an activating group) is 1. The van der Waals surface area contributed by atoms with Crippen molar-refractivity contribution in [3.05, 3.63) is 51.9 Å². The first-order valence-corrected chi connectivity index (χ1v) is 9.27. The standard InChI is InChI=1S/C21H23N7O/c1-4-5-10-27-19-18(25-21(27)26(3)13-15(2)23)12-24-28(20(19)29)14-17-9-7-6-8-16(17)11-22/h6-9,12,15H,10,13-14,23H2,1-3H3. The van der Waals surface area contributed by atoms with Crippen LogP contribution in [0.15, 0.2) is 35.3 Å². The molecule has 0 aliphatic heterocycles. The molecule has 3 aromatic rings. The first kappa shape index (κ1) is 20.1. The molecule has 2 N–H and O–H groups in total. The van der Waals surface area contributed by atoms with Gasteiger partial charge in [0.25, 0.3) is 5.56 Å². The van der Waals surface area contributed by atoms with Crippen molar-refractivity contribution >= 4 is 17.0 Å². The largest absolute Gasteiger partial charge is 0.344 e. The monoisotopic (exact) mass is 389 g/mol. The fourth-order valence-corrected chi connectivity index (χ4v) is 3.23. The zero-order valence-corrected chi connectivity index (χ0v) is 16.8. The van der Waals surface area contributed by atoms with Crippen LogP contribution in [0.1, 0.15) is 25.0 Å². The van der Waals surface area contributed by atoms with Gasteiger partial charge < -0.3 is 10.6 Å². The maximum absolute atomic E-state index is 13.2. The average Bonchev–Trinajstić information content (AvgIpc) is 3.08. The molecular formula is C21H23N7O. The zero-order chi connectivity index (χ0) is 21.0. The van der Waals surface area contributed by atoms with E-state index in [9.17, 15) is 10.1 Å². The fraction of sp³-hybridized carbons (Fsp3) is 0.333. The van der Waals surface area contributed by atoms with Gasteiger partial charge in [-0.2, -0.15) is 10.4 Å². The lowest BCUT2D eigenvalue weighted by atomic mass is 10.1. The van der Waals surface area contributed by atoms with Crippen LogP contribution in [0, 0.1) is 23.2 Å². The molecule has 0 spiro atoms. The summed E-state index contributed by atoms with van der Waals surface area (Å²) in [5.41, 5.74) is 7.84. The lowest BCUT2D eigenvalue weighted by Gasteiger charge is -2.20. The molecule has 0 amide bonds. The Morgan fingerprint density at radius 2 is 2.10 bits per heavy atom. The molecule has 0 radical (unpaired) electrons. The van der Waals surface area contributed by atoms with Crippen LogP contribution in [0.5, 0.6) is 0 Å². The smallest absolute Gasteiger partial charge is 0.293 e. The minimum atomic E-state index is -0.277. The second-order valence-corrected chi connectivity index (χ2v) is 6.89. The van der Waals surface area contributed by atoms with E-state index in [0.29, 0.717) is 35.6 Å². The van der Waals surface area contributed by atoms with E-state index >= 15 is 0 Å². The summed E-state index contributed by atoms with van der Waals surface area (Å²) in [7, 11) is 1.88. The van der Waals surface area contributed by atoms with Gasteiger partial charge in [0.15, 0.2) is 0 Å². The molecule has 3 rings (SSSR count). The van der Waals surface area contributed by atoms with Crippen molar-refractivity contribution in [2.45, 2.75) is 33.0 Å². The number of hydrogen-bond donors (Lipinski definition) is 1. The number of rotatable bonds is 6. The van der Waals surface area contributed by atoms with E-state index in [1.807, 2.05) is 31.0 Å². The number of nitrogens with two attached hydrogens (primary N) is 1. The first-order chi connectivity index (χ1) is 14.0. The molecule has 0 aliphatic rings. The summed E-state index contributed by atoms with van der Waals surface area (Å²) in [5, 5.41) is 13.6. The molecule has 0 aliphatic carbocycles. The van der Waals surface area contributed by atoms with Gasteiger partial charge in [0.1, 0.15) is 11.0 Å². The van der Waals surface area contributed by atoms with Gasteiger partial charge in [-0.25, -0.2) is 9.67 Å². The highest BCUT2D eigenvalue weighted by molar-refractivity contribution is 5.77. The van der Waals surface area contributed by atoms with E-state index in [4.69, 9.17) is 5.73 Å². The van der Waals surface area contributed by atoms with Gasteiger partial charge in [0, 0.05) is 19.6 Å². The molecule has 8 nitrogen and oxygen atoms in total. The van der Waals surface area contributed by atoms with Crippen LogP contribution in [-0.2, 0) is 13.1 Å². The third kappa shape index (κ3) is 4.13. The molecule has 2 aromatic heterocycles. The van der Waals surface area contributed by atoms with Crippen molar-refractivity contribution < 1.29 is 0 Å². The van der Waals surface area contributed by atoms with Crippen molar-refractivity contribution in [2.24, 2.45) is 5.73 Å². The van der Waals surface area contributed by atoms with E-state index in [1.165, 1.54) is 4.68 Å². The highest BCUT2D eigenvalue weighted by atomic mass is 16.1. The van der Waals surface area contributed by atoms with Gasteiger partial charge >= 0.3 is 0 Å². The molecule has 148 valence electrons. The van der Waals surface area contributed by atoms with Crippen molar-refractivity contribution in [1.82, 2.24) is 19.3 Å². The molecule has 1 atom stereocenters. The van der Waals surface area contributed by atoms with Crippen molar-refractivity contribution in [2.75, 3.05) is 18.5 Å². The summed E-state index contributed by atoms with van der Waals surface area (Å²) < 4.78 is 3.15. The van der Waals surface area contributed by atoms with E-state index in [-0.39, 0.29) is 18.1 Å². The molecule has 0 saturated heterocycles. The number of anilines is 1. The number of nitriles is 1. The zero-order valence-electron chi connectivity index (χ0n) is 16.8. The quantitative estimate of drug-likeness (QED) is 0.638. The van der Waals surface area contributed by atoms with E-state index < -0.39 is 0 Å². The number of benzene rings is 1. The molecule has 29 heavy (non-hydrogen) atoms. The predicted octanol–water partition coefficient (Wildman–Crippen LogP) is 1.32. The predicted molar refractivity (Wildman–Crippen MR) is 112 cm³/mol. The number of imidazole rings is 1. The van der Waals surface area contributed by atoms with Crippen LogP contribution in [-0.4, -0.2) is 39.0 Å². The van der Waals surface area contributed by atoms with Crippen molar-refractivity contribution in [3.8, 4) is 17.9 Å². The van der Waals surface area contributed by atoms with Gasteiger partial charge in [-0.1, -0.05) is 24.1 Å². The SMILES string of the molecule is CC#CCn1c(N(C)CC(C)N)nc2cnn(Cc3ccccc3C#N)c(=O)c21. The minimum absolute atomic E-state index is 0.0530. The Labute approximate surface area is 169 Å². The Morgan fingerprint density at radius 1 is 1.34 bits per heavy atom. The lowest BCUT2D eigenvalue weighted by Crippen LogP contribution is -2.34. The van der Waals surface area contributed by atoms with Crippen molar-refractivity contribution in [3.63, 3.8) is 0 Å². The summed E-state index contributed by atoms with van der Waals surface area (Å²) in [6, 6.07) is 9.27. The summed E-state index contributed by atoms with van der Waals surface area (Å²) >= 11 is 0. The summed E-state index contributed by atoms with van der Waals surface area (Å²) in [6.07, 6.45) is 1.57. The van der Waals surface area contributed by atoms with Gasteiger partial charge in [0.05, 0.1) is 30.9 Å². The van der Waals surface area contributed by atoms with Crippen LogP contribution >= 0.6 is 0 Å². The van der Waals surface area contributed by atoms with Crippen LogP contribution in [0.2, 0.25) is 0 Å². The second kappa shape index (κ2) is 8.59. The van der Waals surface area contributed by atoms with E-state index in [0.717, 1.165) is 5.56 Å². The number of hydrogen-bond acceptors (Lipinski definition) is 6. The van der Waals surface area contributed by atoms with Crippen LogP contribution in [0.3, 0.4) is 0 Å². The van der Waals surface area contributed by atoms with E-state index in [2.05, 4.69) is 28.0 Å². The highest BCUT2D eigenvalue weighted by Crippen LogP contribution is 2.19. The highest BCUT2D eigenvalue weighted by Gasteiger charge is 2.19. The molecule has 1 unspecified atom stereocenters. The molecule has 0 fully saturated rings. The Bertz CT molecular complexity index is 1190. The third-order valence-corrected chi connectivity index (χ3v) is 4.51. The topological polar surface area (TPSA) is 106 Å². The van der Waals surface area contributed by atoms with Gasteiger partial charge in [0.2, 0.25) is 5.95 Å².